The molecule has 0 amide bonds. The first-order chi connectivity index (χ1) is 15.1. The highest BCUT2D eigenvalue weighted by molar-refractivity contribution is 5.81. The fraction of sp³-hybridized carbons (Fsp3) is 0.300. The number of piperidine rings is 1. The molecule has 1 aromatic heterocycles. The topological polar surface area (TPSA) is 96.6 Å². The smallest absolute Gasteiger partial charge is 0.490 e. The van der Waals surface area contributed by atoms with Gasteiger partial charge in [-0.1, -0.05) is 0 Å². The second kappa shape index (κ2) is 9.39. The molecule has 0 unspecified atom stereocenters. The molecule has 2 aromatic carbocycles. The Hall–Kier alpha value is -3.41. The summed E-state index contributed by atoms with van der Waals surface area (Å²) in [6.07, 6.45) is -1.34. The standard InChI is InChI=1S/C18H17F2N3O2.C2HF3O2/c19-15-8-12(9-17(24)18(15)20)23-16-2-1-14(7-11(16)10-22-23)25-13-3-5-21-6-4-13;3-2(4,5)1(6)7/h1-2,7-10,13,21,24H,3-6H2;(H,6,7). The first-order valence-corrected chi connectivity index (χ1v) is 9.40. The van der Waals surface area contributed by atoms with E-state index in [-0.39, 0.29) is 11.8 Å². The SMILES string of the molecule is O=C(O)C(F)(F)F.Oc1cc(-n2ncc3cc(OC4CCNCC4)ccc32)cc(F)c1F. The van der Waals surface area contributed by atoms with Gasteiger partial charge in [0.1, 0.15) is 11.9 Å². The Morgan fingerprint density at radius 3 is 2.41 bits per heavy atom. The van der Waals surface area contributed by atoms with Crippen molar-refractivity contribution in [2.45, 2.75) is 25.1 Å². The number of phenolic OH excluding ortho intramolecular Hbond substituents is 1. The second-order valence-electron chi connectivity index (χ2n) is 6.91. The van der Waals surface area contributed by atoms with Crippen LogP contribution in [0.2, 0.25) is 0 Å². The van der Waals surface area contributed by atoms with E-state index in [0.717, 1.165) is 49.2 Å². The van der Waals surface area contributed by atoms with Gasteiger partial charge < -0.3 is 20.3 Å². The maximum Gasteiger partial charge on any atom is 0.490 e. The van der Waals surface area contributed by atoms with Gasteiger partial charge in [0, 0.05) is 17.5 Å². The minimum absolute atomic E-state index is 0.192. The number of rotatable bonds is 3. The van der Waals surface area contributed by atoms with Gasteiger partial charge in [0.2, 0.25) is 0 Å². The summed E-state index contributed by atoms with van der Waals surface area (Å²) in [4.78, 5) is 8.90. The first-order valence-electron chi connectivity index (χ1n) is 9.40. The van der Waals surface area contributed by atoms with Crippen molar-refractivity contribution < 1.29 is 41.7 Å². The van der Waals surface area contributed by atoms with Crippen molar-refractivity contribution in [3.63, 3.8) is 0 Å². The van der Waals surface area contributed by atoms with E-state index in [2.05, 4.69) is 10.4 Å². The lowest BCUT2D eigenvalue weighted by Crippen LogP contribution is -2.34. The predicted octanol–water partition coefficient (Wildman–Crippen LogP) is 3.77. The maximum absolute atomic E-state index is 13.6. The Bertz CT molecular complexity index is 1090. The van der Waals surface area contributed by atoms with Gasteiger partial charge in [-0.15, -0.1) is 0 Å². The zero-order valence-electron chi connectivity index (χ0n) is 16.4. The second-order valence-corrected chi connectivity index (χ2v) is 6.91. The molecule has 4 rings (SSSR count). The molecule has 1 saturated heterocycles. The van der Waals surface area contributed by atoms with Crippen LogP contribution in [0.1, 0.15) is 12.8 Å². The third kappa shape index (κ3) is 5.44. The van der Waals surface area contributed by atoms with Crippen molar-refractivity contribution in [2.24, 2.45) is 0 Å². The zero-order valence-corrected chi connectivity index (χ0v) is 16.4. The van der Waals surface area contributed by atoms with Gasteiger partial charge in [-0.25, -0.2) is 13.9 Å². The quantitative estimate of drug-likeness (QED) is 0.516. The van der Waals surface area contributed by atoms with Crippen molar-refractivity contribution in [2.75, 3.05) is 13.1 Å². The first kappa shape index (κ1) is 23.3. The fourth-order valence-corrected chi connectivity index (χ4v) is 3.08. The van der Waals surface area contributed by atoms with Gasteiger partial charge in [-0.05, 0) is 44.1 Å². The lowest BCUT2D eigenvalue weighted by atomic mass is 10.1. The lowest BCUT2D eigenvalue weighted by Gasteiger charge is -2.23. The van der Waals surface area contributed by atoms with Gasteiger partial charge in [0.25, 0.3) is 0 Å². The average molecular weight is 459 g/mol. The van der Waals surface area contributed by atoms with E-state index in [0.29, 0.717) is 5.52 Å². The molecule has 1 aliphatic rings. The van der Waals surface area contributed by atoms with E-state index < -0.39 is 29.5 Å². The number of aromatic hydroxyl groups is 1. The van der Waals surface area contributed by atoms with E-state index in [1.165, 1.54) is 4.68 Å². The van der Waals surface area contributed by atoms with Gasteiger partial charge in [-0.2, -0.15) is 22.7 Å². The fourth-order valence-electron chi connectivity index (χ4n) is 3.08. The third-order valence-corrected chi connectivity index (χ3v) is 4.61. The number of hydrogen-bond acceptors (Lipinski definition) is 5. The molecule has 172 valence electrons. The van der Waals surface area contributed by atoms with Crippen LogP contribution >= 0.6 is 0 Å². The van der Waals surface area contributed by atoms with Crippen LogP contribution in [0.4, 0.5) is 22.0 Å². The van der Waals surface area contributed by atoms with Crippen molar-refractivity contribution in [3.05, 3.63) is 48.2 Å². The molecule has 0 aliphatic carbocycles. The van der Waals surface area contributed by atoms with Crippen molar-refractivity contribution >= 4 is 16.9 Å². The van der Waals surface area contributed by atoms with Crippen LogP contribution in [0, 0.1) is 11.6 Å². The Kier molecular flexibility index (Phi) is 6.82. The van der Waals surface area contributed by atoms with E-state index in [9.17, 15) is 27.1 Å². The molecule has 0 spiro atoms. The molecule has 0 bridgehead atoms. The number of hydrogen-bond donors (Lipinski definition) is 3. The van der Waals surface area contributed by atoms with E-state index in [1.807, 2.05) is 18.2 Å². The summed E-state index contributed by atoms with van der Waals surface area (Å²) in [5, 5.41) is 24.9. The number of benzene rings is 2. The Balaban J connectivity index is 0.000000360. The molecule has 7 nitrogen and oxygen atoms in total. The summed E-state index contributed by atoms with van der Waals surface area (Å²) in [6, 6.07) is 7.67. The predicted molar refractivity (Wildman–Crippen MR) is 103 cm³/mol. The van der Waals surface area contributed by atoms with E-state index >= 15 is 0 Å². The zero-order chi connectivity index (χ0) is 23.5. The number of carbonyl (C=O) groups is 1. The molecular weight excluding hydrogens is 441 g/mol. The molecule has 1 aliphatic heterocycles. The van der Waals surface area contributed by atoms with Crippen LogP contribution in [0.3, 0.4) is 0 Å². The molecule has 3 aromatic rings. The number of nitrogens with zero attached hydrogens (tertiary/aromatic N) is 2. The minimum Gasteiger partial charge on any atom is -0.505 e. The number of alkyl halides is 3. The number of aromatic nitrogens is 2. The summed E-state index contributed by atoms with van der Waals surface area (Å²) >= 11 is 0. The van der Waals surface area contributed by atoms with Gasteiger partial charge >= 0.3 is 12.1 Å². The average Bonchev–Trinajstić information content (AvgIpc) is 3.15. The Morgan fingerprint density at radius 1 is 1.16 bits per heavy atom. The maximum atomic E-state index is 13.6. The number of carboxylic acid groups (broad SMARTS) is 1. The molecule has 3 N–H and O–H groups in total. The van der Waals surface area contributed by atoms with E-state index in [4.69, 9.17) is 14.6 Å². The number of carboxylic acids is 1. The third-order valence-electron chi connectivity index (χ3n) is 4.61. The highest BCUT2D eigenvalue weighted by Crippen LogP contribution is 2.28. The summed E-state index contributed by atoms with van der Waals surface area (Å²) < 4.78 is 66.0. The molecule has 1 fully saturated rings. The van der Waals surface area contributed by atoms with Crippen LogP contribution < -0.4 is 10.1 Å². The normalized spacial score (nSPS) is 14.7. The van der Waals surface area contributed by atoms with Crippen LogP contribution in [0.5, 0.6) is 11.5 Å². The van der Waals surface area contributed by atoms with Crippen LogP contribution in [-0.2, 0) is 4.79 Å². The van der Waals surface area contributed by atoms with Crippen LogP contribution in [0.25, 0.3) is 16.6 Å². The summed E-state index contributed by atoms with van der Waals surface area (Å²) in [5.74, 6) is -5.13. The largest absolute Gasteiger partial charge is 0.505 e. The summed E-state index contributed by atoms with van der Waals surface area (Å²) in [6.45, 7) is 1.90. The number of fused-ring (bicyclic) bond motifs is 1. The molecule has 0 radical (unpaired) electrons. The van der Waals surface area contributed by atoms with Gasteiger partial charge in [0.15, 0.2) is 17.4 Å². The van der Waals surface area contributed by atoms with Crippen molar-refractivity contribution in [1.29, 1.82) is 0 Å². The number of ether oxygens (including phenoxy) is 1. The summed E-state index contributed by atoms with van der Waals surface area (Å²) in [5.41, 5.74) is 0.960. The van der Waals surface area contributed by atoms with Crippen molar-refractivity contribution in [3.8, 4) is 17.2 Å². The highest BCUT2D eigenvalue weighted by Gasteiger charge is 2.38. The molecular formula is C20H18F5N3O4. The highest BCUT2D eigenvalue weighted by atomic mass is 19.4. The Labute approximate surface area is 178 Å². The monoisotopic (exact) mass is 459 g/mol. The minimum atomic E-state index is -5.08. The summed E-state index contributed by atoms with van der Waals surface area (Å²) in [7, 11) is 0. The molecule has 2 heterocycles. The number of nitrogens with one attached hydrogen (secondary N) is 1. The Morgan fingerprint density at radius 2 is 1.81 bits per heavy atom. The van der Waals surface area contributed by atoms with E-state index in [1.54, 1.807) is 6.20 Å². The number of aliphatic carboxylic acids is 1. The number of halogens is 5. The molecule has 0 atom stereocenters. The number of phenols is 1. The molecule has 12 heteroatoms. The van der Waals surface area contributed by atoms with Crippen LogP contribution in [0.15, 0.2) is 36.5 Å². The molecule has 0 saturated carbocycles. The van der Waals surface area contributed by atoms with Crippen molar-refractivity contribution in [1.82, 2.24) is 15.1 Å². The van der Waals surface area contributed by atoms with Gasteiger partial charge in [0.05, 0.1) is 17.4 Å². The molecule has 32 heavy (non-hydrogen) atoms. The van der Waals surface area contributed by atoms with Gasteiger partial charge in [-0.3, -0.25) is 0 Å². The lowest BCUT2D eigenvalue weighted by molar-refractivity contribution is -0.192. The van der Waals surface area contributed by atoms with Crippen LogP contribution in [-0.4, -0.2) is 51.3 Å².